The molecule has 0 bridgehead atoms. The number of anilines is 2. The molecule has 3 rings (SSSR count). The quantitative estimate of drug-likeness (QED) is 0.794. The van der Waals surface area contributed by atoms with Crippen molar-refractivity contribution in [2.75, 3.05) is 16.0 Å². The Balaban J connectivity index is 1.59. The average molecular weight is 389 g/mol. The van der Waals surface area contributed by atoms with Crippen LogP contribution in [0.25, 0.3) is 0 Å². The lowest BCUT2D eigenvalue weighted by Gasteiger charge is -2.14. The highest BCUT2D eigenvalue weighted by atomic mass is 35.5. The van der Waals surface area contributed by atoms with Gasteiger partial charge in [-0.1, -0.05) is 29.8 Å². The molecule has 1 aliphatic rings. The summed E-state index contributed by atoms with van der Waals surface area (Å²) in [7, 11) is 0. The Kier molecular flexibility index (Phi) is 5.64. The maximum atomic E-state index is 12.5. The summed E-state index contributed by atoms with van der Waals surface area (Å²) in [6, 6.07) is 14.0. The Hall–Kier alpha value is -2.31. The zero-order chi connectivity index (χ0) is 18.7. The highest BCUT2D eigenvalue weighted by molar-refractivity contribution is 8.01. The van der Waals surface area contributed by atoms with Crippen LogP contribution in [0.15, 0.2) is 48.5 Å². The highest BCUT2D eigenvalue weighted by Crippen LogP contribution is 2.29. The first-order valence-electron chi connectivity index (χ1n) is 8.05. The zero-order valence-electron chi connectivity index (χ0n) is 14.1. The van der Waals surface area contributed by atoms with Crippen molar-refractivity contribution in [1.82, 2.24) is 0 Å². The molecule has 1 fully saturated rings. The van der Waals surface area contributed by atoms with Crippen LogP contribution >= 0.6 is 23.4 Å². The van der Waals surface area contributed by atoms with Gasteiger partial charge in [-0.15, -0.1) is 11.8 Å². The van der Waals surface area contributed by atoms with E-state index in [9.17, 15) is 14.4 Å². The fourth-order valence-electron chi connectivity index (χ4n) is 2.71. The number of thioether (sulfide) groups is 1. The van der Waals surface area contributed by atoms with E-state index < -0.39 is 5.25 Å². The number of para-hydroxylation sites is 1. The van der Waals surface area contributed by atoms with Gasteiger partial charge in [-0.3, -0.25) is 14.4 Å². The number of halogens is 1. The van der Waals surface area contributed by atoms with Crippen LogP contribution in [0, 0.1) is 6.92 Å². The van der Waals surface area contributed by atoms with Gasteiger partial charge in [0.25, 0.3) is 0 Å². The van der Waals surface area contributed by atoms with Crippen LogP contribution in [0.5, 0.6) is 0 Å². The topological polar surface area (TPSA) is 66.5 Å². The molecular formula is C19H17ClN2O3S. The highest BCUT2D eigenvalue weighted by Gasteiger charge is 2.39. The summed E-state index contributed by atoms with van der Waals surface area (Å²) >= 11 is 7.08. The van der Waals surface area contributed by atoms with Crippen molar-refractivity contribution in [3.8, 4) is 0 Å². The summed E-state index contributed by atoms with van der Waals surface area (Å²) in [5, 5.41) is 2.86. The average Bonchev–Trinajstić information content (AvgIpc) is 2.90. The normalized spacial score (nSPS) is 16.8. The number of carbonyl (C=O) groups excluding carboxylic acids is 3. The number of carbonyl (C=O) groups is 3. The van der Waals surface area contributed by atoms with Gasteiger partial charge in [0.15, 0.2) is 0 Å². The number of aryl methyl sites for hydroxylation is 1. The minimum atomic E-state index is -0.542. The predicted molar refractivity (Wildman–Crippen MR) is 105 cm³/mol. The number of nitrogens with one attached hydrogen (secondary N) is 1. The molecule has 1 heterocycles. The molecule has 1 N–H and O–H groups in total. The van der Waals surface area contributed by atoms with Crippen LogP contribution in [0.4, 0.5) is 11.4 Å². The molecule has 7 heteroatoms. The van der Waals surface area contributed by atoms with E-state index in [0.717, 1.165) is 5.56 Å². The molecule has 0 unspecified atom stereocenters. The van der Waals surface area contributed by atoms with Gasteiger partial charge in [0.1, 0.15) is 0 Å². The molecule has 2 aromatic carbocycles. The SMILES string of the molecule is Cc1cc(Cl)ccc1NC(=O)CS[C@H]1CC(=O)N(c2ccccc2)C1=O. The van der Waals surface area contributed by atoms with Gasteiger partial charge in [0.2, 0.25) is 17.7 Å². The fraction of sp³-hybridized carbons (Fsp3) is 0.211. The molecule has 0 radical (unpaired) electrons. The van der Waals surface area contributed by atoms with Crippen LogP contribution < -0.4 is 10.2 Å². The van der Waals surface area contributed by atoms with Gasteiger partial charge in [-0.2, -0.15) is 0 Å². The molecule has 0 saturated carbocycles. The Bertz CT molecular complexity index is 857. The van der Waals surface area contributed by atoms with Crippen molar-refractivity contribution in [3.05, 3.63) is 59.1 Å². The number of hydrogen-bond donors (Lipinski definition) is 1. The molecule has 1 saturated heterocycles. The van der Waals surface area contributed by atoms with Gasteiger partial charge in [-0.05, 0) is 42.8 Å². The number of benzene rings is 2. The van der Waals surface area contributed by atoms with E-state index in [4.69, 9.17) is 11.6 Å². The molecule has 1 atom stereocenters. The lowest BCUT2D eigenvalue weighted by Crippen LogP contribution is -2.31. The molecule has 134 valence electrons. The van der Waals surface area contributed by atoms with E-state index in [0.29, 0.717) is 16.4 Å². The van der Waals surface area contributed by atoms with Gasteiger partial charge >= 0.3 is 0 Å². The summed E-state index contributed by atoms with van der Waals surface area (Å²) < 4.78 is 0. The Morgan fingerprint density at radius 1 is 1.23 bits per heavy atom. The summed E-state index contributed by atoms with van der Waals surface area (Å²) in [5.41, 5.74) is 2.10. The largest absolute Gasteiger partial charge is 0.325 e. The lowest BCUT2D eigenvalue weighted by atomic mass is 10.2. The minimum Gasteiger partial charge on any atom is -0.325 e. The van der Waals surface area contributed by atoms with Crippen LogP contribution in [-0.2, 0) is 14.4 Å². The van der Waals surface area contributed by atoms with Crippen molar-refractivity contribution in [3.63, 3.8) is 0 Å². The van der Waals surface area contributed by atoms with E-state index in [1.54, 1.807) is 42.5 Å². The maximum Gasteiger partial charge on any atom is 0.247 e. The van der Waals surface area contributed by atoms with E-state index in [1.807, 2.05) is 13.0 Å². The fourth-order valence-corrected chi connectivity index (χ4v) is 3.87. The summed E-state index contributed by atoms with van der Waals surface area (Å²) in [6.45, 7) is 1.85. The molecule has 3 amide bonds. The summed E-state index contributed by atoms with van der Waals surface area (Å²) in [6.07, 6.45) is 0.103. The Morgan fingerprint density at radius 2 is 1.96 bits per heavy atom. The number of hydrogen-bond acceptors (Lipinski definition) is 4. The molecular weight excluding hydrogens is 372 g/mol. The Labute approximate surface area is 160 Å². The van der Waals surface area contributed by atoms with E-state index >= 15 is 0 Å². The second-order valence-corrected chi connectivity index (χ2v) is 7.54. The third-order valence-corrected chi connectivity index (χ3v) is 5.43. The van der Waals surface area contributed by atoms with Crippen molar-refractivity contribution >= 4 is 52.5 Å². The second-order valence-electron chi connectivity index (χ2n) is 5.91. The van der Waals surface area contributed by atoms with Crippen molar-refractivity contribution in [2.45, 2.75) is 18.6 Å². The number of nitrogens with zero attached hydrogens (tertiary/aromatic N) is 1. The number of rotatable bonds is 5. The monoisotopic (exact) mass is 388 g/mol. The third-order valence-electron chi connectivity index (χ3n) is 4.00. The maximum absolute atomic E-state index is 12.5. The molecule has 0 spiro atoms. The molecule has 0 aromatic heterocycles. The van der Waals surface area contributed by atoms with Gasteiger partial charge in [0, 0.05) is 17.1 Å². The molecule has 2 aromatic rings. The number of imide groups is 1. The first-order valence-corrected chi connectivity index (χ1v) is 9.48. The summed E-state index contributed by atoms with van der Waals surface area (Å²) in [4.78, 5) is 38.1. The summed E-state index contributed by atoms with van der Waals surface area (Å²) in [5.74, 6) is -0.651. The molecule has 5 nitrogen and oxygen atoms in total. The van der Waals surface area contributed by atoms with Gasteiger partial charge in [-0.25, -0.2) is 4.90 Å². The zero-order valence-corrected chi connectivity index (χ0v) is 15.6. The molecule has 0 aliphatic carbocycles. The minimum absolute atomic E-state index is 0.0916. The first-order chi connectivity index (χ1) is 12.5. The van der Waals surface area contributed by atoms with Crippen molar-refractivity contribution in [1.29, 1.82) is 0 Å². The number of amides is 3. The smallest absolute Gasteiger partial charge is 0.247 e. The Morgan fingerprint density at radius 3 is 2.65 bits per heavy atom. The molecule has 1 aliphatic heterocycles. The van der Waals surface area contributed by atoms with Crippen LogP contribution in [-0.4, -0.2) is 28.7 Å². The third kappa shape index (κ3) is 4.08. The van der Waals surface area contributed by atoms with Crippen LogP contribution in [0.2, 0.25) is 5.02 Å². The predicted octanol–water partition coefficient (Wildman–Crippen LogP) is 3.65. The van der Waals surface area contributed by atoms with Crippen molar-refractivity contribution < 1.29 is 14.4 Å². The van der Waals surface area contributed by atoms with E-state index in [-0.39, 0.29) is 29.9 Å². The van der Waals surface area contributed by atoms with E-state index in [2.05, 4.69) is 5.32 Å². The van der Waals surface area contributed by atoms with Crippen molar-refractivity contribution in [2.24, 2.45) is 0 Å². The first kappa shape index (κ1) is 18.5. The van der Waals surface area contributed by atoms with Crippen LogP contribution in [0.1, 0.15) is 12.0 Å². The standard InChI is InChI=1S/C19H17ClN2O3S/c1-12-9-13(20)7-8-15(12)21-17(23)11-26-16-10-18(24)22(19(16)25)14-5-3-2-4-6-14/h2-9,16H,10-11H2,1H3,(H,21,23)/t16-/m0/s1. The van der Waals surface area contributed by atoms with Crippen LogP contribution in [0.3, 0.4) is 0 Å². The van der Waals surface area contributed by atoms with Gasteiger partial charge < -0.3 is 5.32 Å². The lowest BCUT2D eigenvalue weighted by molar-refractivity contribution is -0.121. The molecule has 26 heavy (non-hydrogen) atoms. The van der Waals surface area contributed by atoms with Gasteiger partial charge in [0.05, 0.1) is 16.7 Å². The second kappa shape index (κ2) is 7.93. The van der Waals surface area contributed by atoms with E-state index in [1.165, 1.54) is 16.7 Å².